The Morgan fingerprint density at radius 1 is 1.10 bits per heavy atom. The molecule has 0 spiro atoms. The molecule has 5 nitrogen and oxygen atoms in total. The molecule has 108 valence electrons. The van der Waals surface area contributed by atoms with Crippen molar-refractivity contribution in [3.63, 3.8) is 0 Å². The van der Waals surface area contributed by atoms with Crippen LogP contribution in [0.4, 0.5) is 0 Å². The van der Waals surface area contributed by atoms with Crippen molar-refractivity contribution in [1.29, 1.82) is 0 Å². The number of nitrogens with zero attached hydrogens (tertiary/aromatic N) is 3. The summed E-state index contributed by atoms with van der Waals surface area (Å²) in [5, 5.41) is 4.09. The molecule has 0 amide bonds. The molecule has 21 heavy (non-hydrogen) atoms. The monoisotopic (exact) mass is 301 g/mol. The molecule has 0 aliphatic carbocycles. The zero-order chi connectivity index (χ0) is 15.0. The molecule has 0 atom stereocenters. The van der Waals surface area contributed by atoms with E-state index in [1.54, 1.807) is 66.7 Å². The molecule has 2 heterocycles. The van der Waals surface area contributed by atoms with Gasteiger partial charge in [-0.05, 0) is 31.2 Å². The average molecular weight is 301 g/mol. The Kier molecular flexibility index (Phi) is 3.17. The second kappa shape index (κ2) is 4.89. The van der Waals surface area contributed by atoms with Crippen LogP contribution in [-0.2, 0) is 17.1 Å². The highest BCUT2D eigenvalue weighted by Gasteiger charge is 2.20. The minimum Gasteiger partial charge on any atom is -0.275 e. The summed E-state index contributed by atoms with van der Waals surface area (Å²) in [7, 11) is -1.81. The molecule has 0 unspecified atom stereocenters. The van der Waals surface area contributed by atoms with E-state index in [0.717, 1.165) is 11.1 Å². The van der Waals surface area contributed by atoms with Crippen LogP contribution < -0.4 is 0 Å². The number of hydrogen-bond acceptors (Lipinski definition) is 3. The highest BCUT2D eigenvalue weighted by Crippen LogP contribution is 2.24. The van der Waals surface area contributed by atoms with Crippen molar-refractivity contribution in [2.75, 3.05) is 0 Å². The van der Waals surface area contributed by atoms with Gasteiger partial charge >= 0.3 is 0 Å². The van der Waals surface area contributed by atoms with Crippen molar-refractivity contribution in [3.8, 4) is 11.3 Å². The van der Waals surface area contributed by atoms with Crippen LogP contribution in [0.25, 0.3) is 11.3 Å². The Morgan fingerprint density at radius 3 is 2.43 bits per heavy atom. The largest absolute Gasteiger partial charge is 0.275 e. The summed E-state index contributed by atoms with van der Waals surface area (Å²) in [6.07, 6.45) is 4.99. The van der Waals surface area contributed by atoms with Gasteiger partial charge in [0, 0.05) is 25.0 Å². The van der Waals surface area contributed by atoms with Crippen LogP contribution in [0, 0.1) is 6.92 Å². The van der Waals surface area contributed by atoms with Crippen LogP contribution in [0.15, 0.2) is 59.9 Å². The second-order valence-corrected chi connectivity index (χ2v) is 6.72. The number of hydrogen-bond donors (Lipinski definition) is 0. The van der Waals surface area contributed by atoms with Gasteiger partial charge in [0.15, 0.2) is 0 Å². The predicted molar refractivity (Wildman–Crippen MR) is 80.4 cm³/mol. The Balaban J connectivity index is 2.13. The van der Waals surface area contributed by atoms with E-state index in [-0.39, 0.29) is 4.90 Å². The lowest BCUT2D eigenvalue weighted by atomic mass is 10.2. The van der Waals surface area contributed by atoms with E-state index in [9.17, 15) is 8.42 Å². The topological polar surface area (TPSA) is 56.9 Å². The van der Waals surface area contributed by atoms with Gasteiger partial charge < -0.3 is 0 Å². The maximum Gasteiger partial charge on any atom is 0.268 e. The molecule has 0 N–H and O–H groups in total. The van der Waals surface area contributed by atoms with Gasteiger partial charge in [0.05, 0.1) is 16.8 Å². The minimum atomic E-state index is -3.60. The van der Waals surface area contributed by atoms with E-state index >= 15 is 0 Å². The number of benzene rings is 1. The molecule has 6 heteroatoms. The Labute approximate surface area is 123 Å². The molecule has 0 saturated carbocycles. The molecule has 0 radical (unpaired) electrons. The Morgan fingerprint density at radius 2 is 1.81 bits per heavy atom. The summed E-state index contributed by atoms with van der Waals surface area (Å²) in [6, 6.07) is 10.3. The summed E-state index contributed by atoms with van der Waals surface area (Å²) < 4.78 is 28.4. The summed E-state index contributed by atoms with van der Waals surface area (Å²) in [4.78, 5) is 0.273. The third kappa shape index (κ3) is 2.38. The van der Waals surface area contributed by atoms with E-state index in [0.29, 0.717) is 5.69 Å². The standard InChI is InChI=1S/C15H15N3O2S/c1-12-5-7-14(8-6-12)21(19,20)18-9-3-4-15(18)13-10-16-17(2)11-13/h3-11H,1-2H3. The van der Waals surface area contributed by atoms with Crippen molar-refractivity contribution in [1.82, 2.24) is 13.8 Å². The fourth-order valence-electron chi connectivity index (χ4n) is 2.18. The molecule has 0 aliphatic rings. The lowest BCUT2D eigenvalue weighted by Crippen LogP contribution is -2.13. The van der Waals surface area contributed by atoms with E-state index < -0.39 is 10.0 Å². The van der Waals surface area contributed by atoms with Crippen molar-refractivity contribution in [2.24, 2.45) is 7.05 Å². The fraction of sp³-hybridized carbons (Fsp3) is 0.133. The summed E-state index contributed by atoms with van der Waals surface area (Å²) in [5.74, 6) is 0. The van der Waals surface area contributed by atoms with Gasteiger partial charge in [-0.25, -0.2) is 12.4 Å². The van der Waals surface area contributed by atoms with E-state index in [1.165, 1.54) is 3.97 Å². The first-order valence-electron chi connectivity index (χ1n) is 6.47. The molecule has 0 aliphatic heterocycles. The molecule has 0 saturated heterocycles. The van der Waals surface area contributed by atoms with E-state index in [2.05, 4.69) is 5.10 Å². The maximum atomic E-state index is 12.7. The highest BCUT2D eigenvalue weighted by atomic mass is 32.2. The van der Waals surface area contributed by atoms with E-state index in [4.69, 9.17) is 0 Å². The lowest BCUT2D eigenvalue weighted by molar-refractivity contribution is 0.588. The third-order valence-electron chi connectivity index (χ3n) is 3.29. The smallest absolute Gasteiger partial charge is 0.268 e. The fourth-order valence-corrected chi connectivity index (χ4v) is 3.54. The Hall–Kier alpha value is -2.34. The van der Waals surface area contributed by atoms with Crippen molar-refractivity contribution in [2.45, 2.75) is 11.8 Å². The quantitative estimate of drug-likeness (QED) is 0.746. The average Bonchev–Trinajstić information content (AvgIpc) is 3.07. The van der Waals surface area contributed by atoms with Crippen LogP contribution in [0.3, 0.4) is 0 Å². The van der Waals surface area contributed by atoms with Crippen molar-refractivity contribution < 1.29 is 8.42 Å². The van der Waals surface area contributed by atoms with Gasteiger partial charge in [-0.15, -0.1) is 0 Å². The molecule has 2 aromatic heterocycles. The lowest BCUT2D eigenvalue weighted by Gasteiger charge is -2.09. The first kappa shape index (κ1) is 13.6. The second-order valence-electron chi connectivity index (χ2n) is 4.91. The Bertz CT molecular complexity index is 874. The molecule has 1 aromatic carbocycles. The predicted octanol–water partition coefficient (Wildman–Crippen LogP) is 2.43. The summed E-state index contributed by atoms with van der Waals surface area (Å²) in [6.45, 7) is 1.92. The first-order chi connectivity index (χ1) is 9.98. The molecule has 0 bridgehead atoms. The van der Waals surface area contributed by atoms with Gasteiger partial charge in [-0.1, -0.05) is 17.7 Å². The molecular weight excluding hydrogens is 286 g/mol. The molecule has 0 fully saturated rings. The number of aryl methyl sites for hydroxylation is 2. The van der Waals surface area contributed by atoms with Crippen LogP contribution >= 0.6 is 0 Å². The van der Waals surface area contributed by atoms with E-state index in [1.807, 2.05) is 6.92 Å². The minimum absolute atomic E-state index is 0.273. The van der Waals surface area contributed by atoms with Gasteiger partial charge in [-0.3, -0.25) is 4.68 Å². The zero-order valence-corrected chi connectivity index (χ0v) is 12.6. The number of aromatic nitrogens is 3. The van der Waals surface area contributed by atoms with Crippen LogP contribution in [0.2, 0.25) is 0 Å². The third-order valence-corrected chi connectivity index (χ3v) is 5.00. The summed E-state index contributed by atoms with van der Waals surface area (Å²) >= 11 is 0. The maximum absolute atomic E-state index is 12.7. The van der Waals surface area contributed by atoms with Gasteiger partial charge in [0.25, 0.3) is 10.0 Å². The summed E-state index contributed by atoms with van der Waals surface area (Å²) in [5.41, 5.74) is 2.39. The zero-order valence-electron chi connectivity index (χ0n) is 11.8. The van der Waals surface area contributed by atoms with Crippen LogP contribution in [-0.4, -0.2) is 22.2 Å². The molecule has 3 rings (SSSR count). The van der Waals surface area contributed by atoms with Gasteiger partial charge in [0.2, 0.25) is 0 Å². The molecular formula is C15H15N3O2S. The van der Waals surface area contributed by atoms with Crippen LogP contribution in [0.5, 0.6) is 0 Å². The normalized spacial score (nSPS) is 11.7. The molecule has 3 aromatic rings. The van der Waals surface area contributed by atoms with Crippen molar-refractivity contribution >= 4 is 10.0 Å². The highest BCUT2D eigenvalue weighted by molar-refractivity contribution is 7.90. The van der Waals surface area contributed by atoms with Gasteiger partial charge in [0.1, 0.15) is 0 Å². The first-order valence-corrected chi connectivity index (χ1v) is 7.91. The van der Waals surface area contributed by atoms with Crippen LogP contribution in [0.1, 0.15) is 5.56 Å². The number of rotatable bonds is 3. The van der Waals surface area contributed by atoms with Gasteiger partial charge in [-0.2, -0.15) is 5.10 Å². The SMILES string of the molecule is Cc1ccc(S(=O)(=O)n2cccc2-c2cnn(C)c2)cc1. The van der Waals surface area contributed by atoms with Crippen molar-refractivity contribution in [3.05, 3.63) is 60.6 Å².